The Labute approximate surface area is 189 Å². The summed E-state index contributed by atoms with van der Waals surface area (Å²) in [6.45, 7) is 3.99. The zero-order valence-corrected chi connectivity index (χ0v) is 19.0. The molecule has 0 aliphatic carbocycles. The van der Waals surface area contributed by atoms with Gasteiger partial charge < -0.3 is 14.2 Å². The van der Waals surface area contributed by atoms with Crippen molar-refractivity contribution in [2.45, 2.75) is 26.4 Å². The van der Waals surface area contributed by atoms with Crippen LogP contribution < -0.4 is 20.7 Å². The molecule has 5 nitrogen and oxygen atoms in total. The number of hydrogen-bond acceptors (Lipinski definition) is 5. The van der Waals surface area contributed by atoms with E-state index in [1.54, 1.807) is 0 Å². The first-order valence-electron chi connectivity index (χ1n) is 10.5. The van der Waals surface area contributed by atoms with E-state index in [9.17, 15) is 9.59 Å². The van der Waals surface area contributed by atoms with Crippen molar-refractivity contribution in [3.8, 4) is 5.75 Å². The molecule has 0 spiro atoms. The normalized spacial score (nSPS) is 15.5. The summed E-state index contributed by atoms with van der Waals surface area (Å²) < 4.78 is 15.8. The van der Waals surface area contributed by atoms with Crippen molar-refractivity contribution in [1.82, 2.24) is 0 Å². The number of carbonyl (C=O) groups is 2. The van der Waals surface area contributed by atoms with E-state index in [1.807, 2.05) is 26.0 Å². The number of benzene rings is 3. The van der Waals surface area contributed by atoms with Gasteiger partial charge in [0.2, 0.25) is 6.10 Å². The molecule has 1 aliphatic heterocycles. The highest BCUT2D eigenvalue weighted by atomic mass is 31.1. The Morgan fingerprint density at radius 1 is 0.938 bits per heavy atom. The first-order chi connectivity index (χ1) is 15.5. The molecule has 3 aromatic carbocycles. The van der Waals surface area contributed by atoms with Crippen molar-refractivity contribution in [1.29, 1.82) is 0 Å². The van der Waals surface area contributed by atoms with E-state index in [0.717, 1.165) is 11.1 Å². The Balaban J connectivity index is 1.55. The minimum Gasteiger partial charge on any atom is -0.481 e. The standard InChI is InChI=1S/C26H25O5P/c1-18-15-22(32(20-9-5-3-6-10-20)21-11-7-4-8-12-21)16-19(2)25(18)30-17-24(27)31-23-13-14-29-26(23)28/h3-12,15-16,23H,13-14,17H2,1-2H3. The minimum atomic E-state index is -0.823. The molecular formula is C26H25O5P. The summed E-state index contributed by atoms with van der Waals surface area (Å²) in [7, 11) is -0.725. The highest BCUT2D eigenvalue weighted by Gasteiger charge is 2.30. The zero-order chi connectivity index (χ0) is 22.5. The quantitative estimate of drug-likeness (QED) is 0.410. The molecule has 1 unspecified atom stereocenters. The third kappa shape index (κ3) is 5.00. The predicted molar refractivity (Wildman–Crippen MR) is 126 cm³/mol. The van der Waals surface area contributed by atoms with Gasteiger partial charge in [0.1, 0.15) is 5.75 Å². The number of aryl methyl sites for hydroxylation is 2. The van der Waals surface area contributed by atoms with Gasteiger partial charge in [0.25, 0.3) is 0 Å². The second kappa shape index (κ2) is 9.97. The lowest BCUT2D eigenvalue weighted by Crippen LogP contribution is -2.26. The van der Waals surface area contributed by atoms with Gasteiger partial charge >= 0.3 is 11.9 Å². The maximum absolute atomic E-state index is 12.1. The summed E-state index contributed by atoms with van der Waals surface area (Å²) in [4.78, 5) is 23.6. The fourth-order valence-electron chi connectivity index (χ4n) is 3.79. The molecule has 6 heteroatoms. The van der Waals surface area contributed by atoms with E-state index in [1.165, 1.54) is 15.9 Å². The molecule has 3 aromatic rings. The fourth-order valence-corrected chi connectivity index (χ4v) is 6.27. The van der Waals surface area contributed by atoms with Crippen LogP contribution >= 0.6 is 7.92 Å². The van der Waals surface area contributed by atoms with E-state index >= 15 is 0 Å². The van der Waals surface area contributed by atoms with Crippen LogP contribution in [0.5, 0.6) is 5.75 Å². The molecule has 0 aromatic heterocycles. The number of rotatable bonds is 7. The van der Waals surface area contributed by atoms with Crippen LogP contribution in [0.4, 0.5) is 0 Å². The topological polar surface area (TPSA) is 61.8 Å². The van der Waals surface area contributed by atoms with E-state index in [-0.39, 0.29) is 13.2 Å². The van der Waals surface area contributed by atoms with Gasteiger partial charge in [-0.1, -0.05) is 60.7 Å². The maximum Gasteiger partial charge on any atom is 0.347 e. The van der Waals surface area contributed by atoms with Gasteiger partial charge in [-0.2, -0.15) is 0 Å². The summed E-state index contributed by atoms with van der Waals surface area (Å²) >= 11 is 0. The first-order valence-corrected chi connectivity index (χ1v) is 11.9. The first kappa shape index (κ1) is 22.0. The predicted octanol–water partition coefficient (Wildman–Crippen LogP) is 3.30. The van der Waals surface area contributed by atoms with Crippen molar-refractivity contribution in [3.63, 3.8) is 0 Å². The van der Waals surface area contributed by atoms with Crippen LogP contribution in [0.25, 0.3) is 0 Å². The van der Waals surface area contributed by atoms with Crippen LogP contribution in [0.15, 0.2) is 72.8 Å². The van der Waals surface area contributed by atoms with Gasteiger partial charge in [-0.15, -0.1) is 0 Å². The molecule has 1 saturated heterocycles. The Morgan fingerprint density at radius 2 is 1.50 bits per heavy atom. The van der Waals surface area contributed by atoms with Crippen LogP contribution in [-0.4, -0.2) is 31.3 Å². The molecule has 1 heterocycles. The highest BCUT2D eigenvalue weighted by molar-refractivity contribution is 7.79. The number of carbonyl (C=O) groups excluding carboxylic acids is 2. The average molecular weight is 448 g/mol. The average Bonchev–Trinajstić information content (AvgIpc) is 3.19. The summed E-state index contributed by atoms with van der Waals surface area (Å²) in [5, 5.41) is 3.76. The zero-order valence-electron chi connectivity index (χ0n) is 18.1. The van der Waals surface area contributed by atoms with Gasteiger partial charge in [0, 0.05) is 6.42 Å². The molecule has 0 saturated carbocycles. The molecule has 0 radical (unpaired) electrons. The van der Waals surface area contributed by atoms with Crippen molar-refractivity contribution in [2.75, 3.05) is 13.2 Å². The maximum atomic E-state index is 12.1. The number of ether oxygens (including phenoxy) is 3. The van der Waals surface area contributed by atoms with Gasteiger partial charge in [-0.3, -0.25) is 0 Å². The van der Waals surface area contributed by atoms with E-state index in [0.29, 0.717) is 12.2 Å². The van der Waals surface area contributed by atoms with Gasteiger partial charge in [0.15, 0.2) is 6.61 Å². The van der Waals surface area contributed by atoms with Crippen molar-refractivity contribution in [3.05, 3.63) is 83.9 Å². The van der Waals surface area contributed by atoms with Crippen LogP contribution in [0, 0.1) is 13.8 Å². The number of cyclic esters (lactones) is 1. The summed E-state index contributed by atoms with van der Waals surface area (Å²) in [5.41, 5.74) is 1.90. The van der Waals surface area contributed by atoms with Gasteiger partial charge in [-0.05, 0) is 60.9 Å². The lowest BCUT2D eigenvalue weighted by molar-refractivity contribution is -0.161. The Bertz CT molecular complexity index is 1040. The highest BCUT2D eigenvalue weighted by Crippen LogP contribution is 2.35. The lowest BCUT2D eigenvalue weighted by Gasteiger charge is -2.22. The monoisotopic (exact) mass is 448 g/mol. The number of hydrogen-bond donors (Lipinski definition) is 0. The molecular weight excluding hydrogens is 423 g/mol. The Morgan fingerprint density at radius 3 is 2.00 bits per heavy atom. The van der Waals surface area contributed by atoms with Gasteiger partial charge in [-0.25, -0.2) is 9.59 Å². The van der Waals surface area contributed by atoms with E-state index in [4.69, 9.17) is 14.2 Å². The molecule has 164 valence electrons. The van der Waals surface area contributed by atoms with Crippen LogP contribution in [0.2, 0.25) is 0 Å². The smallest absolute Gasteiger partial charge is 0.347 e. The Kier molecular flexibility index (Phi) is 6.87. The van der Waals surface area contributed by atoms with E-state index < -0.39 is 26.0 Å². The Hall–Kier alpha value is -3.17. The summed E-state index contributed by atoms with van der Waals surface area (Å²) in [6.07, 6.45) is -0.434. The number of esters is 2. The van der Waals surface area contributed by atoms with Crippen molar-refractivity contribution < 1.29 is 23.8 Å². The summed E-state index contributed by atoms with van der Waals surface area (Å²) in [5.74, 6) is -0.409. The fraction of sp³-hybridized carbons (Fsp3) is 0.231. The molecule has 4 rings (SSSR count). The molecule has 0 bridgehead atoms. The lowest BCUT2D eigenvalue weighted by atomic mass is 10.1. The molecule has 0 amide bonds. The van der Waals surface area contributed by atoms with Gasteiger partial charge in [0.05, 0.1) is 6.61 Å². The molecule has 1 fully saturated rings. The largest absolute Gasteiger partial charge is 0.481 e. The van der Waals surface area contributed by atoms with Crippen LogP contribution in [-0.2, 0) is 19.1 Å². The molecule has 1 aliphatic rings. The van der Waals surface area contributed by atoms with E-state index in [2.05, 4.69) is 60.7 Å². The second-order valence-electron chi connectivity index (χ2n) is 7.64. The third-order valence-corrected chi connectivity index (χ3v) is 7.63. The SMILES string of the molecule is Cc1cc(P(c2ccccc2)c2ccccc2)cc(C)c1OCC(=O)OC1CCOC1=O. The third-order valence-electron chi connectivity index (χ3n) is 5.23. The van der Waals surface area contributed by atoms with Crippen molar-refractivity contribution in [2.24, 2.45) is 0 Å². The molecule has 0 N–H and O–H groups in total. The van der Waals surface area contributed by atoms with Crippen LogP contribution in [0.3, 0.4) is 0 Å². The molecule has 1 atom stereocenters. The van der Waals surface area contributed by atoms with Crippen LogP contribution in [0.1, 0.15) is 17.5 Å². The molecule has 32 heavy (non-hydrogen) atoms. The second-order valence-corrected chi connectivity index (χ2v) is 9.86. The van der Waals surface area contributed by atoms with Crippen molar-refractivity contribution >= 4 is 35.8 Å². The summed E-state index contributed by atoms with van der Waals surface area (Å²) in [6, 6.07) is 25.2. The minimum absolute atomic E-state index is 0.253.